The van der Waals surface area contributed by atoms with Gasteiger partial charge in [-0.15, -0.1) is 0 Å². The highest BCUT2D eigenvalue weighted by Crippen LogP contribution is 2.28. The number of nitrogens with zero attached hydrogens (tertiary/aromatic N) is 1. The molecule has 1 N–H and O–H groups in total. The fourth-order valence-electron chi connectivity index (χ4n) is 2.48. The van der Waals surface area contributed by atoms with Crippen molar-refractivity contribution in [2.24, 2.45) is 0 Å². The second-order valence-corrected chi connectivity index (χ2v) is 5.78. The minimum atomic E-state index is 0.418. The highest BCUT2D eigenvalue weighted by atomic mass is 16.5. The van der Waals surface area contributed by atoms with E-state index in [1.54, 1.807) is 7.11 Å². The summed E-state index contributed by atoms with van der Waals surface area (Å²) in [4.78, 5) is 2.24. The van der Waals surface area contributed by atoms with E-state index in [-0.39, 0.29) is 0 Å². The lowest BCUT2D eigenvalue weighted by atomic mass is 9.95. The molecule has 20 heavy (non-hydrogen) atoms. The van der Waals surface area contributed by atoms with Gasteiger partial charge >= 0.3 is 0 Å². The standard InChI is InChI=1S/C17H30N2O/c1-7-9-18-16(8-10-19(4)5)15-11-14(3)17(20-6)12-13(15)2/h11-12,16,18H,7-10H2,1-6H3. The Morgan fingerprint density at radius 1 is 1.20 bits per heavy atom. The largest absolute Gasteiger partial charge is 0.496 e. The Bertz CT molecular complexity index is 416. The van der Waals surface area contributed by atoms with Gasteiger partial charge in [0.25, 0.3) is 0 Å². The molecule has 0 radical (unpaired) electrons. The molecular formula is C17H30N2O. The average molecular weight is 278 g/mol. The van der Waals surface area contributed by atoms with Gasteiger partial charge in [-0.3, -0.25) is 0 Å². The van der Waals surface area contributed by atoms with Crippen molar-refractivity contribution in [3.05, 3.63) is 28.8 Å². The molecule has 3 nitrogen and oxygen atoms in total. The van der Waals surface area contributed by atoms with E-state index in [9.17, 15) is 0 Å². The van der Waals surface area contributed by atoms with E-state index in [4.69, 9.17) is 4.74 Å². The van der Waals surface area contributed by atoms with Crippen LogP contribution in [0.2, 0.25) is 0 Å². The summed E-state index contributed by atoms with van der Waals surface area (Å²) in [6.07, 6.45) is 2.28. The third-order valence-corrected chi connectivity index (χ3v) is 3.66. The topological polar surface area (TPSA) is 24.5 Å². The van der Waals surface area contributed by atoms with Crippen molar-refractivity contribution in [1.82, 2.24) is 10.2 Å². The SMILES string of the molecule is CCCNC(CCN(C)C)c1cc(C)c(OC)cc1C. The molecule has 1 aromatic carbocycles. The number of methoxy groups -OCH3 is 1. The minimum absolute atomic E-state index is 0.418. The number of benzene rings is 1. The lowest BCUT2D eigenvalue weighted by Crippen LogP contribution is -2.27. The van der Waals surface area contributed by atoms with Crippen LogP contribution >= 0.6 is 0 Å². The maximum Gasteiger partial charge on any atom is 0.122 e. The Balaban J connectivity index is 2.96. The predicted molar refractivity (Wildman–Crippen MR) is 86.7 cm³/mol. The van der Waals surface area contributed by atoms with Gasteiger partial charge in [-0.2, -0.15) is 0 Å². The summed E-state index contributed by atoms with van der Waals surface area (Å²) in [6.45, 7) is 8.65. The van der Waals surface area contributed by atoms with Gasteiger partial charge in [-0.05, 0) is 76.6 Å². The molecule has 0 aromatic heterocycles. The van der Waals surface area contributed by atoms with Gasteiger partial charge in [0.1, 0.15) is 5.75 Å². The summed E-state index contributed by atoms with van der Waals surface area (Å²) in [7, 11) is 5.99. The summed E-state index contributed by atoms with van der Waals surface area (Å²) in [5, 5.41) is 3.68. The van der Waals surface area contributed by atoms with Crippen LogP contribution in [0.1, 0.15) is 42.5 Å². The van der Waals surface area contributed by atoms with Gasteiger partial charge in [0, 0.05) is 6.04 Å². The molecule has 1 unspecified atom stereocenters. The number of ether oxygens (including phenoxy) is 1. The molecule has 3 heteroatoms. The van der Waals surface area contributed by atoms with Crippen LogP contribution in [0.5, 0.6) is 5.75 Å². The van der Waals surface area contributed by atoms with Gasteiger partial charge in [-0.1, -0.05) is 13.0 Å². The molecule has 0 aliphatic rings. The van der Waals surface area contributed by atoms with E-state index >= 15 is 0 Å². The van der Waals surface area contributed by atoms with Gasteiger partial charge in [0.15, 0.2) is 0 Å². The number of rotatable bonds is 8. The van der Waals surface area contributed by atoms with E-state index in [0.717, 1.165) is 31.7 Å². The van der Waals surface area contributed by atoms with Crippen molar-refractivity contribution in [2.75, 3.05) is 34.3 Å². The van der Waals surface area contributed by atoms with Gasteiger partial charge in [0.05, 0.1) is 7.11 Å². The fourth-order valence-corrected chi connectivity index (χ4v) is 2.48. The monoisotopic (exact) mass is 278 g/mol. The van der Waals surface area contributed by atoms with Crippen LogP contribution in [0, 0.1) is 13.8 Å². The van der Waals surface area contributed by atoms with Crippen LogP contribution in [0.4, 0.5) is 0 Å². The lowest BCUT2D eigenvalue weighted by molar-refractivity contribution is 0.360. The molecule has 0 aliphatic heterocycles. The summed E-state index contributed by atoms with van der Waals surface area (Å²) in [6, 6.07) is 4.85. The molecule has 0 aliphatic carbocycles. The van der Waals surface area contributed by atoms with E-state index < -0.39 is 0 Å². The fraction of sp³-hybridized carbons (Fsp3) is 0.647. The minimum Gasteiger partial charge on any atom is -0.496 e. The van der Waals surface area contributed by atoms with Crippen molar-refractivity contribution in [2.45, 2.75) is 39.7 Å². The second kappa shape index (κ2) is 8.28. The van der Waals surface area contributed by atoms with Crippen LogP contribution in [0.15, 0.2) is 12.1 Å². The smallest absolute Gasteiger partial charge is 0.122 e. The van der Waals surface area contributed by atoms with E-state index in [1.807, 2.05) is 0 Å². The van der Waals surface area contributed by atoms with Crippen molar-refractivity contribution < 1.29 is 4.74 Å². The zero-order valence-electron chi connectivity index (χ0n) is 13.9. The van der Waals surface area contributed by atoms with Crippen LogP contribution in [0.3, 0.4) is 0 Å². The van der Waals surface area contributed by atoms with Crippen LogP contribution in [-0.2, 0) is 0 Å². The number of nitrogens with one attached hydrogen (secondary N) is 1. The zero-order valence-corrected chi connectivity index (χ0v) is 13.9. The normalized spacial score (nSPS) is 12.8. The Hall–Kier alpha value is -1.06. The van der Waals surface area contributed by atoms with E-state index in [2.05, 4.69) is 57.2 Å². The predicted octanol–water partition coefficient (Wildman–Crippen LogP) is 3.30. The first-order valence-electron chi connectivity index (χ1n) is 7.52. The highest BCUT2D eigenvalue weighted by molar-refractivity contribution is 5.42. The van der Waals surface area contributed by atoms with Gasteiger partial charge < -0.3 is 15.0 Å². The highest BCUT2D eigenvalue weighted by Gasteiger charge is 2.15. The third kappa shape index (κ3) is 4.80. The molecule has 0 saturated carbocycles. The van der Waals surface area contributed by atoms with E-state index in [1.165, 1.54) is 16.7 Å². The lowest BCUT2D eigenvalue weighted by Gasteiger charge is -2.24. The number of hydrogen-bond acceptors (Lipinski definition) is 3. The maximum absolute atomic E-state index is 5.41. The summed E-state index contributed by atoms with van der Waals surface area (Å²) >= 11 is 0. The first-order valence-corrected chi connectivity index (χ1v) is 7.52. The van der Waals surface area contributed by atoms with Crippen LogP contribution in [0.25, 0.3) is 0 Å². The molecule has 0 saturated heterocycles. The Morgan fingerprint density at radius 3 is 2.45 bits per heavy atom. The summed E-state index contributed by atoms with van der Waals surface area (Å²) < 4.78 is 5.41. The molecule has 0 spiro atoms. The van der Waals surface area contributed by atoms with Crippen molar-refractivity contribution >= 4 is 0 Å². The molecular weight excluding hydrogens is 248 g/mol. The molecule has 1 atom stereocenters. The van der Waals surface area contributed by atoms with Crippen molar-refractivity contribution in [3.63, 3.8) is 0 Å². The average Bonchev–Trinajstić information content (AvgIpc) is 2.41. The van der Waals surface area contributed by atoms with E-state index in [0.29, 0.717) is 6.04 Å². The molecule has 0 fully saturated rings. The second-order valence-electron chi connectivity index (χ2n) is 5.78. The Kier molecular flexibility index (Phi) is 7.03. The van der Waals surface area contributed by atoms with Gasteiger partial charge in [0.2, 0.25) is 0 Å². The zero-order chi connectivity index (χ0) is 15.1. The first kappa shape index (κ1) is 17.0. The molecule has 0 heterocycles. The molecule has 1 aromatic rings. The molecule has 1 rings (SSSR count). The van der Waals surface area contributed by atoms with Crippen molar-refractivity contribution in [1.29, 1.82) is 0 Å². The third-order valence-electron chi connectivity index (χ3n) is 3.66. The van der Waals surface area contributed by atoms with Gasteiger partial charge in [-0.25, -0.2) is 0 Å². The maximum atomic E-state index is 5.41. The first-order chi connectivity index (χ1) is 9.49. The quantitative estimate of drug-likeness (QED) is 0.789. The molecule has 0 amide bonds. The summed E-state index contributed by atoms with van der Waals surface area (Å²) in [5.74, 6) is 0.980. The number of hydrogen-bond donors (Lipinski definition) is 1. The van der Waals surface area contributed by atoms with Crippen LogP contribution in [-0.4, -0.2) is 39.2 Å². The number of aryl methyl sites for hydroxylation is 2. The molecule has 0 bridgehead atoms. The Morgan fingerprint density at radius 2 is 1.90 bits per heavy atom. The van der Waals surface area contributed by atoms with Crippen molar-refractivity contribution in [3.8, 4) is 5.75 Å². The van der Waals surface area contributed by atoms with Crippen LogP contribution < -0.4 is 10.1 Å². The molecule has 114 valence electrons. The summed E-state index contributed by atoms with van der Waals surface area (Å²) in [5.41, 5.74) is 3.92. The Labute approximate surface area is 124 Å².